The van der Waals surface area contributed by atoms with Crippen LogP contribution in [-0.2, 0) is 4.79 Å². The minimum absolute atomic E-state index is 0.273. The number of allylic oxidation sites excluding steroid dienone is 1. The van der Waals surface area contributed by atoms with Gasteiger partial charge in [-0.05, 0) is 44.2 Å². The molecule has 4 heterocycles. The minimum Gasteiger partial charge on any atom is -0.494 e. The predicted octanol–water partition coefficient (Wildman–Crippen LogP) is 4.26. The van der Waals surface area contributed by atoms with E-state index in [1.54, 1.807) is 47.6 Å². The Morgan fingerprint density at radius 3 is 2.85 bits per heavy atom. The van der Waals surface area contributed by atoms with Crippen molar-refractivity contribution in [3.8, 4) is 17.3 Å². The predicted molar refractivity (Wildman–Crippen MR) is 123 cm³/mol. The minimum atomic E-state index is -0.572. The fourth-order valence-corrected chi connectivity index (χ4v) is 3.87. The molecule has 1 unspecified atom stereocenters. The Hall–Kier alpha value is -4.40. The van der Waals surface area contributed by atoms with E-state index in [0.717, 1.165) is 5.56 Å². The Bertz CT molecular complexity index is 1310. The van der Waals surface area contributed by atoms with E-state index in [2.05, 4.69) is 20.6 Å². The summed E-state index contributed by atoms with van der Waals surface area (Å²) < 4.78 is 13.1. The Morgan fingerprint density at radius 2 is 2.09 bits per heavy atom. The maximum Gasteiger partial charge on any atom is 0.255 e. The second-order valence-electron chi connectivity index (χ2n) is 7.41. The van der Waals surface area contributed by atoms with Crippen LogP contribution in [0.2, 0.25) is 0 Å². The largest absolute Gasteiger partial charge is 0.494 e. The average molecular weight is 442 g/mol. The van der Waals surface area contributed by atoms with Crippen molar-refractivity contribution in [3.63, 3.8) is 0 Å². The first-order valence-corrected chi connectivity index (χ1v) is 10.6. The number of benzene rings is 1. The Kier molecular flexibility index (Phi) is 5.35. The SMILES string of the molecule is CCOc1ccccc1C1C(C(=O)Nc2cccnc2)=C(C)Nc2nc(-c3ccco3)nn21. The van der Waals surface area contributed by atoms with Gasteiger partial charge in [0.2, 0.25) is 11.8 Å². The molecule has 2 N–H and O–H groups in total. The second-order valence-corrected chi connectivity index (χ2v) is 7.41. The number of carbonyl (C=O) groups excluding carboxylic acids is 1. The number of aromatic nitrogens is 4. The van der Waals surface area contributed by atoms with Gasteiger partial charge in [0.1, 0.15) is 11.8 Å². The first kappa shape index (κ1) is 20.5. The summed E-state index contributed by atoms with van der Waals surface area (Å²) >= 11 is 0. The highest BCUT2D eigenvalue weighted by Crippen LogP contribution is 2.40. The first-order chi connectivity index (χ1) is 16.2. The first-order valence-electron chi connectivity index (χ1n) is 10.6. The van der Waals surface area contributed by atoms with E-state index in [1.807, 2.05) is 38.1 Å². The molecule has 9 nitrogen and oxygen atoms in total. The van der Waals surface area contributed by atoms with Crippen LogP contribution in [0.15, 0.2) is 82.9 Å². The van der Waals surface area contributed by atoms with Crippen molar-refractivity contribution in [2.75, 3.05) is 17.2 Å². The summed E-state index contributed by atoms with van der Waals surface area (Å²) in [5, 5.41) is 10.9. The molecule has 1 atom stereocenters. The van der Waals surface area contributed by atoms with Crippen LogP contribution in [0.25, 0.3) is 11.6 Å². The summed E-state index contributed by atoms with van der Waals surface area (Å²) in [7, 11) is 0. The summed E-state index contributed by atoms with van der Waals surface area (Å²) in [5.74, 6) is 1.86. The van der Waals surface area contributed by atoms with Crippen molar-refractivity contribution in [2.45, 2.75) is 19.9 Å². The molecule has 0 saturated carbocycles. The number of pyridine rings is 1. The molecule has 0 spiro atoms. The number of fused-ring (bicyclic) bond motifs is 1. The van der Waals surface area contributed by atoms with Crippen molar-refractivity contribution in [3.05, 3.63) is 84.0 Å². The van der Waals surface area contributed by atoms with Crippen molar-refractivity contribution in [1.29, 1.82) is 0 Å². The van der Waals surface area contributed by atoms with Gasteiger partial charge in [-0.1, -0.05) is 18.2 Å². The van der Waals surface area contributed by atoms with Gasteiger partial charge in [0.25, 0.3) is 5.91 Å². The molecule has 0 fully saturated rings. The Labute approximate surface area is 190 Å². The molecule has 4 aromatic rings. The van der Waals surface area contributed by atoms with Gasteiger partial charge in [-0.25, -0.2) is 4.68 Å². The fourth-order valence-electron chi connectivity index (χ4n) is 3.87. The smallest absolute Gasteiger partial charge is 0.255 e. The number of nitrogens with zero attached hydrogens (tertiary/aromatic N) is 4. The number of ether oxygens (including phenoxy) is 1. The monoisotopic (exact) mass is 442 g/mol. The van der Waals surface area contributed by atoms with Gasteiger partial charge in [0.05, 0.1) is 30.3 Å². The highest BCUT2D eigenvalue weighted by molar-refractivity contribution is 6.06. The lowest BCUT2D eigenvalue weighted by Gasteiger charge is -2.29. The summed E-state index contributed by atoms with van der Waals surface area (Å²) in [6.07, 6.45) is 4.82. The number of nitrogens with one attached hydrogen (secondary N) is 2. The van der Waals surface area contributed by atoms with E-state index >= 15 is 0 Å². The fraction of sp³-hybridized carbons (Fsp3) is 0.167. The molecule has 33 heavy (non-hydrogen) atoms. The number of rotatable bonds is 6. The molecule has 0 saturated heterocycles. The molecule has 0 aliphatic carbocycles. The van der Waals surface area contributed by atoms with Crippen LogP contribution in [0.4, 0.5) is 11.6 Å². The zero-order valence-electron chi connectivity index (χ0n) is 18.1. The molecule has 9 heteroatoms. The summed E-state index contributed by atoms with van der Waals surface area (Å²) in [4.78, 5) is 22.2. The average Bonchev–Trinajstić information content (AvgIpc) is 3.49. The molecule has 3 aromatic heterocycles. The van der Waals surface area contributed by atoms with Crippen molar-refractivity contribution < 1.29 is 13.9 Å². The standard InChI is InChI=1S/C24H22N6O3/c1-3-32-18-10-5-4-9-17(18)21-20(23(31)27-16-8-6-12-25-14-16)15(2)26-24-28-22(29-30(21)24)19-11-7-13-33-19/h4-14,21H,3H2,1-2H3,(H,27,31)(H,26,28,29). The van der Waals surface area contributed by atoms with E-state index in [0.29, 0.717) is 46.8 Å². The molecule has 1 amide bonds. The molecule has 0 radical (unpaired) electrons. The van der Waals surface area contributed by atoms with Crippen LogP contribution in [0.5, 0.6) is 5.75 Å². The van der Waals surface area contributed by atoms with E-state index in [4.69, 9.17) is 14.3 Å². The lowest BCUT2D eigenvalue weighted by molar-refractivity contribution is -0.113. The molecular formula is C24H22N6O3. The number of carbonyl (C=O) groups is 1. The maximum atomic E-state index is 13.5. The van der Waals surface area contributed by atoms with Crippen LogP contribution in [-0.4, -0.2) is 32.3 Å². The van der Waals surface area contributed by atoms with Crippen molar-refractivity contribution in [1.82, 2.24) is 19.7 Å². The van der Waals surface area contributed by atoms with Gasteiger partial charge in [-0.2, -0.15) is 4.98 Å². The summed E-state index contributed by atoms with van der Waals surface area (Å²) in [6.45, 7) is 4.26. The normalized spacial score (nSPS) is 15.0. The van der Waals surface area contributed by atoms with E-state index < -0.39 is 6.04 Å². The molecule has 166 valence electrons. The third kappa shape index (κ3) is 3.84. The van der Waals surface area contributed by atoms with Crippen LogP contribution in [0.3, 0.4) is 0 Å². The number of hydrogen-bond donors (Lipinski definition) is 2. The number of amides is 1. The van der Waals surface area contributed by atoms with Gasteiger partial charge < -0.3 is 19.8 Å². The highest BCUT2D eigenvalue weighted by Gasteiger charge is 2.36. The second kappa shape index (κ2) is 8.62. The van der Waals surface area contributed by atoms with Gasteiger partial charge >= 0.3 is 0 Å². The summed E-state index contributed by atoms with van der Waals surface area (Å²) in [6, 6.07) is 14.2. The van der Waals surface area contributed by atoms with Crippen LogP contribution < -0.4 is 15.4 Å². The van der Waals surface area contributed by atoms with E-state index in [-0.39, 0.29) is 5.91 Å². The Morgan fingerprint density at radius 1 is 1.21 bits per heavy atom. The topological polar surface area (TPSA) is 107 Å². The van der Waals surface area contributed by atoms with Gasteiger partial charge in [0.15, 0.2) is 5.76 Å². The van der Waals surface area contributed by atoms with Crippen molar-refractivity contribution in [2.24, 2.45) is 0 Å². The molecular weight excluding hydrogens is 420 g/mol. The third-order valence-corrected chi connectivity index (χ3v) is 5.27. The highest BCUT2D eigenvalue weighted by atomic mass is 16.5. The Balaban J connectivity index is 1.64. The van der Waals surface area contributed by atoms with Gasteiger partial charge in [-0.15, -0.1) is 5.10 Å². The lowest BCUT2D eigenvalue weighted by atomic mass is 9.94. The zero-order valence-corrected chi connectivity index (χ0v) is 18.1. The molecule has 1 aliphatic rings. The molecule has 1 aromatic carbocycles. The van der Waals surface area contributed by atoms with Crippen LogP contribution in [0, 0.1) is 0 Å². The summed E-state index contributed by atoms with van der Waals surface area (Å²) in [5.41, 5.74) is 2.56. The van der Waals surface area contributed by atoms with Gasteiger partial charge in [0, 0.05) is 17.5 Å². The number of hydrogen-bond acceptors (Lipinski definition) is 7. The van der Waals surface area contributed by atoms with Crippen LogP contribution >= 0.6 is 0 Å². The quantitative estimate of drug-likeness (QED) is 0.459. The van der Waals surface area contributed by atoms with Crippen molar-refractivity contribution >= 4 is 17.5 Å². The lowest BCUT2D eigenvalue weighted by Crippen LogP contribution is -2.31. The third-order valence-electron chi connectivity index (χ3n) is 5.27. The molecule has 0 bridgehead atoms. The number of para-hydroxylation sites is 1. The molecule has 1 aliphatic heterocycles. The van der Waals surface area contributed by atoms with Crippen LogP contribution in [0.1, 0.15) is 25.5 Å². The zero-order chi connectivity index (χ0) is 22.8. The van der Waals surface area contributed by atoms with E-state index in [1.165, 1.54) is 0 Å². The van der Waals surface area contributed by atoms with Gasteiger partial charge in [-0.3, -0.25) is 9.78 Å². The molecule has 5 rings (SSSR count). The maximum absolute atomic E-state index is 13.5. The number of anilines is 2. The van der Waals surface area contributed by atoms with E-state index in [9.17, 15) is 4.79 Å². The number of furan rings is 1.